The number of aromatic nitrogens is 3. The zero-order chi connectivity index (χ0) is 24.7. The van der Waals surface area contributed by atoms with Gasteiger partial charge in [0.05, 0.1) is 21.9 Å². The predicted molar refractivity (Wildman–Crippen MR) is 131 cm³/mol. The number of carboxylic acids is 1. The van der Waals surface area contributed by atoms with Crippen molar-refractivity contribution < 1.29 is 23.1 Å². The fourth-order valence-corrected chi connectivity index (χ4v) is 4.95. The molecule has 5 rings (SSSR count). The lowest BCUT2D eigenvalue weighted by atomic mass is 10.0. The molecule has 8 nitrogen and oxygen atoms in total. The molecular weight excluding hydrogens is 539 g/mol. The van der Waals surface area contributed by atoms with E-state index < -0.39 is 23.1 Å². The van der Waals surface area contributed by atoms with Gasteiger partial charge in [-0.2, -0.15) is 5.10 Å². The summed E-state index contributed by atoms with van der Waals surface area (Å²) < 4.78 is 41.5. The number of hydrogen-bond donors (Lipinski definition) is 1. The quantitative estimate of drug-likeness (QED) is 0.314. The molecule has 1 aliphatic rings. The summed E-state index contributed by atoms with van der Waals surface area (Å²) in [5.41, 5.74) is 3.16. The van der Waals surface area contributed by atoms with Gasteiger partial charge in [0.25, 0.3) is 0 Å². The first-order valence-electron chi connectivity index (χ1n) is 10.8. The lowest BCUT2D eigenvalue weighted by Crippen LogP contribution is -2.29. The molecule has 0 spiro atoms. The summed E-state index contributed by atoms with van der Waals surface area (Å²) in [7, 11) is 0. The summed E-state index contributed by atoms with van der Waals surface area (Å²) in [4.78, 5) is 16.2. The Hall–Kier alpha value is -3.15. The first kappa shape index (κ1) is 23.6. The molecular formula is C24H19BrFN4O4S-. The molecule has 3 aromatic heterocycles. The third-order valence-electron chi connectivity index (χ3n) is 6.00. The number of pyridine rings is 2. The van der Waals surface area contributed by atoms with E-state index in [1.165, 1.54) is 14.9 Å². The van der Waals surface area contributed by atoms with Crippen molar-refractivity contribution in [1.29, 1.82) is 0 Å². The van der Waals surface area contributed by atoms with Gasteiger partial charge in [-0.3, -0.25) is 9.19 Å². The van der Waals surface area contributed by atoms with Crippen molar-refractivity contribution in [1.82, 2.24) is 14.6 Å². The number of hydrogen-bond acceptors (Lipinski definition) is 5. The van der Waals surface area contributed by atoms with E-state index in [0.717, 1.165) is 18.4 Å². The number of rotatable bonds is 8. The van der Waals surface area contributed by atoms with Crippen molar-refractivity contribution in [3.63, 3.8) is 0 Å². The summed E-state index contributed by atoms with van der Waals surface area (Å²) in [6, 6.07) is 9.77. The molecule has 4 aromatic rings. The molecule has 0 amide bonds. The van der Waals surface area contributed by atoms with Crippen LogP contribution < -0.4 is 4.31 Å². The Morgan fingerprint density at radius 1 is 1.26 bits per heavy atom. The largest absolute Gasteiger partial charge is 0.755 e. The topological polar surface area (TPSA) is 111 Å². The second-order valence-corrected chi connectivity index (χ2v) is 10.0. The predicted octanol–water partition coefficient (Wildman–Crippen LogP) is 4.72. The van der Waals surface area contributed by atoms with Crippen LogP contribution in [0.3, 0.4) is 0 Å². The lowest BCUT2D eigenvalue weighted by molar-refractivity contribution is 0.0699. The SMILES string of the molecule is O=C(O)c1c(-c2ccncc2)nn2cc(N(CCc3ccc(Br)c(F)c3)S(=O)[O-])c(C3CC3)cc12. The molecule has 11 heteroatoms. The summed E-state index contributed by atoms with van der Waals surface area (Å²) in [5.74, 6) is -1.41. The zero-order valence-electron chi connectivity index (χ0n) is 18.2. The number of aromatic carboxylic acids is 1. The van der Waals surface area contributed by atoms with Crippen molar-refractivity contribution >= 4 is 44.4 Å². The van der Waals surface area contributed by atoms with E-state index in [0.29, 0.717) is 33.2 Å². The van der Waals surface area contributed by atoms with Gasteiger partial charge in [-0.1, -0.05) is 6.07 Å². The number of benzene rings is 1. The minimum absolute atomic E-state index is 0.0461. The molecule has 1 fully saturated rings. The molecule has 0 bridgehead atoms. The summed E-state index contributed by atoms with van der Waals surface area (Å²) >= 11 is 0.512. The Labute approximate surface area is 211 Å². The highest BCUT2D eigenvalue weighted by Gasteiger charge is 2.31. The van der Waals surface area contributed by atoms with Gasteiger partial charge in [-0.25, -0.2) is 13.7 Å². The third-order valence-corrected chi connectivity index (χ3v) is 7.38. The minimum atomic E-state index is -2.61. The maximum atomic E-state index is 13.9. The number of nitrogens with zero attached hydrogens (tertiary/aromatic N) is 4. The van der Waals surface area contributed by atoms with Gasteiger partial charge in [-0.05, 0) is 82.6 Å². The van der Waals surface area contributed by atoms with Gasteiger partial charge in [0.2, 0.25) is 0 Å². The van der Waals surface area contributed by atoms with Crippen LogP contribution in [-0.2, 0) is 17.7 Å². The Morgan fingerprint density at radius 2 is 2.00 bits per heavy atom. The normalized spacial score (nSPS) is 14.3. The fourth-order valence-electron chi connectivity index (χ4n) is 4.15. The molecule has 0 aliphatic heterocycles. The highest BCUT2D eigenvalue weighted by molar-refractivity contribution is 9.10. The second kappa shape index (κ2) is 9.48. The van der Waals surface area contributed by atoms with Gasteiger partial charge >= 0.3 is 5.97 Å². The Morgan fingerprint density at radius 3 is 2.63 bits per heavy atom. The number of anilines is 1. The van der Waals surface area contributed by atoms with E-state index in [1.807, 2.05) is 0 Å². The van der Waals surface area contributed by atoms with Gasteiger partial charge in [0.1, 0.15) is 17.1 Å². The Balaban J connectivity index is 1.60. The number of halogens is 2. The molecule has 0 saturated heterocycles. The molecule has 1 N–H and O–H groups in total. The van der Waals surface area contributed by atoms with Gasteiger partial charge in [0.15, 0.2) is 0 Å². The number of fused-ring (bicyclic) bond motifs is 1. The molecule has 1 aromatic carbocycles. The monoisotopic (exact) mass is 557 g/mol. The fraction of sp³-hybridized carbons (Fsp3) is 0.208. The molecule has 0 radical (unpaired) electrons. The lowest BCUT2D eigenvalue weighted by Gasteiger charge is -2.28. The summed E-state index contributed by atoms with van der Waals surface area (Å²) in [6.07, 6.45) is 6.74. The smallest absolute Gasteiger partial charge is 0.340 e. The summed E-state index contributed by atoms with van der Waals surface area (Å²) in [5, 5.41) is 14.5. The van der Waals surface area contributed by atoms with Gasteiger partial charge in [0, 0.05) is 35.8 Å². The molecule has 1 atom stereocenters. The van der Waals surface area contributed by atoms with Crippen LogP contribution in [0.5, 0.6) is 0 Å². The highest BCUT2D eigenvalue weighted by atomic mass is 79.9. The number of carboxylic acid groups (broad SMARTS) is 1. The van der Waals surface area contributed by atoms with Crippen molar-refractivity contribution in [2.75, 3.05) is 10.8 Å². The van der Waals surface area contributed by atoms with E-state index in [2.05, 4.69) is 26.0 Å². The average molecular weight is 558 g/mol. The molecule has 180 valence electrons. The van der Waals surface area contributed by atoms with Crippen LogP contribution in [-0.4, -0.2) is 41.0 Å². The van der Waals surface area contributed by atoms with Crippen LogP contribution in [0.25, 0.3) is 16.8 Å². The van der Waals surface area contributed by atoms with Crippen molar-refractivity contribution in [2.45, 2.75) is 25.2 Å². The molecule has 1 aliphatic carbocycles. The molecule has 3 heterocycles. The maximum Gasteiger partial charge on any atom is 0.340 e. The second-order valence-electron chi connectivity index (χ2n) is 8.30. The zero-order valence-corrected chi connectivity index (χ0v) is 20.6. The van der Waals surface area contributed by atoms with Crippen molar-refractivity contribution in [2.24, 2.45) is 0 Å². The van der Waals surface area contributed by atoms with Crippen LogP contribution in [0, 0.1) is 5.82 Å². The van der Waals surface area contributed by atoms with E-state index in [1.54, 1.807) is 48.9 Å². The van der Waals surface area contributed by atoms with Crippen LogP contribution in [0.1, 0.15) is 40.2 Å². The van der Waals surface area contributed by atoms with Gasteiger partial charge < -0.3 is 14.0 Å². The van der Waals surface area contributed by atoms with Crippen LogP contribution in [0.15, 0.2) is 59.5 Å². The van der Waals surface area contributed by atoms with Crippen LogP contribution in [0.4, 0.5) is 10.1 Å². The molecule has 1 unspecified atom stereocenters. The van der Waals surface area contributed by atoms with E-state index >= 15 is 0 Å². The Bertz CT molecular complexity index is 1460. The van der Waals surface area contributed by atoms with Gasteiger partial charge in [-0.15, -0.1) is 0 Å². The average Bonchev–Trinajstić information content (AvgIpc) is 3.61. The Kier molecular flexibility index (Phi) is 6.39. The van der Waals surface area contributed by atoms with Crippen molar-refractivity contribution in [3.05, 3.63) is 82.0 Å². The first-order valence-corrected chi connectivity index (χ1v) is 12.7. The number of carbonyl (C=O) groups is 1. The van der Waals surface area contributed by atoms with E-state index in [-0.39, 0.29) is 23.7 Å². The molecule has 1 saturated carbocycles. The minimum Gasteiger partial charge on any atom is -0.755 e. The van der Waals surface area contributed by atoms with Crippen LogP contribution in [0.2, 0.25) is 0 Å². The molecule has 35 heavy (non-hydrogen) atoms. The standard InChI is InChI=1S/C24H20BrFN4O4S/c25-18-4-1-14(11-19(18)26)7-10-30(35(33)34)21-13-29-20(12-17(21)15-2-3-15)22(24(31)32)23(28-29)16-5-8-27-9-6-16/h1,4-6,8-9,11-13,15H,2-3,7,10H2,(H,31,32)(H,33,34)/p-1. The maximum absolute atomic E-state index is 13.9. The highest BCUT2D eigenvalue weighted by Crippen LogP contribution is 2.46. The summed E-state index contributed by atoms with van der Waals surface area (Å²) in [6.45, 7) is 0.0900. The third kappa shape index (κ3) is 4.71. The van der Waals surface area contributed by atoms with Crippen LogP contribution >= 0.6 is 15.9 Å². The van der Waals surface area contributed by atoms with E-state index in [4.69, 9.17) is 0 Å². The van der Waals surface area contributed by atoms with E-state index in [9.17, 15) is 23.1 Å². The van der Waals surface area contributed by atoms with Crippen molar-refractivity contribution in [3.8, 4) is 11.3 Å². The first-order chi connectivity index (χ1) is 16.8.